The molecule has 9 heteroatoms. The number of pyridine rings is 1. The zero-order valence-corrected chi connectivity index (χ0v) is 20.1. The highest BCUT2D eigenvalue weighted by Gasteiger charge is 2.59. The van der Waals surface area contributed by atoms with E-state index in [2.05, 4.69) is 20.4 Å². The fourth-order valence-electron chi connectivity index (χ4n) is 6.36. The van der Waals surface area contributed by atoms with Crippen molar-refractivity contribution in [3.8, 4) is 11.3 Å². The summed E-state index contributed by atoms with van der Waals surface area (Å²) in [6, 6.07) is 16.7. The van der Waals surface area contributed by atoms with Gasteiger partial charge in [0.25, 0.3) is 11.8 Å². The predicted octanol–water partition coefficient (Wildman–Crippen LogP) is 3.76. The first-order valence-corrected chi connectivity index (χ1v) is 12.5. The van der Waals surface area contributed by atoms with Crippen LogP contribution in [-0.4, -0.2) is 68.2 Å². The zero-order valence-electron chi connectivity index (χ0n) is 19.3. The standard InChI is InChI=1S/C27H23ClN6O2/c28-18-5-1-15(2-6-18)23-7-4-17(10-29-23)27(36)34-13-21-19-11-33(12-20(19)22(21)14-34)26(35)16-3-8-24-25(9-16)31-32-30-24/h1-10,19-22H,11-14H2,(H,30,31,32)/t19-,20+,21?,22?. The van der Waals surface area contributed by atoms with Gasteiger partial charge < -0.3 is 9.80 Å². The van der Waals surface area contributed by atoms with Gasteiger partial charge in [-0.25, -0.2) is 0 Å². The molecule has 0 bridgehead atoms. The van der Waals surface area contributed by atoms with E-state index in [4.69, 9.17) is 11.6 Å². The maximum Gasteiger partial charge on any atom is 0.255 e. The number of amides is 2. The third-order valence-corrected chi connectivity index (χ3v) is 8.46. The van der Waals surface area contributed by atoms with Gasteiger partial charge in [0.2, 0.25) is 0 Å². The van der Waals surface area contributed by atoms with Crippen molar-refractivity contribution >= 4 is 34.4 Å². The normalized spacial score (nSPS) is 24.5. The van der Waals surface area contributed by atoms with Crippen LogP contribution < -0.4 is 0 Å². The number of rotatable bonds is 3. The Bertz CT molecular complexity index is 1460. The summed E-state index contributed by atoms with van der Waals surface area (Å²) >= 11 is 5.97. The molecule has 7 rings (SSSR count). The van der Waals surface area contributed by atoms with Gasteiger partial charge >= 0.3 is 0 Å². The Morgan fingerprint density at radius 1 is 0.750 bits per heavy atom. The third kappa shape index (κ3) is 3.39. The van der Waals surface area contributed by atoms with Crippen LogP contribution in [0, 0.1) is 23.7 Å². The van der Waals surface area contributed by atoms with Crippen LogP contribution in [0.25, 0.3) is 22.3 Å². The summed E-state index contributed by atoms with van der Waals surface area (Å²) in [6.45, 7) is 2.99. The van der Waals surface area contributed by atoms with E-state index in [1.54, 1.807) is 12.3 Å². The number of hydrogen-bond acceptors (Lipinski definition) is 5. The van der Waals surface area contributed by atoms with Crippen molar-refractivity contribution in [1.29, 1.82) is 0 Å². The molecule has 2 saturated heterocycles. The molecule has 1 saturated carbocycles. The van der Waals surface area contributed by atoms with Crippen LogP contribution in [0.2, 0.25) is 5.02 Å². The topological polar surface area (TPSA) is 95.1 Å². The number of aromatic amines is 1. The van der Waals surface area contributed by atoms with Crippen molar-refractivity contribution in [3.63, 3.8) is 0 Å². The molecule has 2 aliphatic heterocycles. The molecule has 36 heavy (non-hydrogen) atoms. The smallest absolute Gasteiger partial charge is 0.255 e. The molecule has 0 spiro atoms. The molecule has 3 fully saturated rings. The first-order chi connectivity index (χ1) is 17.5. The van der Waals surface area contributed by atoms with E-state index < -0.39 is 0 Å². The average Bonchev–Trinajstić information content (AvgIpc) is 3.62. The molecule has 0 radical (unpaired) electrons. The van der Waals surface area contributed by atoms with Gasteiger partial charge in [-0.15, -0.1) is 0 Å². The number of nitrogens with one attached hydrogen (secondary N) is 1. The molecular weight excluding hydrogens is 476 g/mol. The van der Waals surface area contributed by atoms with Crippen molar-refractivity contribution in [1.82, 2.24) is 30.2 Å². The van der Waals surface area contributed by atoms with E-state index >= 15 is 0 Å². The number of benzene rings is 2. The third-order valence-electron chi connectivity index (χ3n) is 8.21. The van der Waals surface area contributed by atoms with E-state index in [9.17, 15) is 9.59 Å². The van der Waals surface area contributed by atoms with Crippen LogP contribution >= 0.6 is 11.6 Å². The predicted molar refractivity (Wildman–Crippen MR) is 134 cm³/mol. The Hall–Kier alpha value is -3.78. The molecule has 180 valence electrons. The molecule has 1 aliphatic carbocycles. The highest BCUT2D eigenvalue weighted by molar-refractivity contribution is 6.30. The van der Waals surface area contributed by atoms with Crippen LogP contribution in [-0.2, 0) is 0 Å². The van der Waals surface area contributed by atoms with Gasteiger partial charge in [0.05, 0.1) is 11.3 Å². The van der Waals surface area contributed by atoms with E-state index in [1.807, 2.05) is 58.3 Å². The van der Waals surface area contributed by atoms with Crippen LogP contribution in [0.4, 0.5) is 0 Å². The number of carbonyl (C=O) groups excluding carboxylic acids is 2. The monoisotopic (exact) mass is 498 g/mol. The van der Waals surface area contributed by atoms with Gasteiger partial charge in [0.1, 0.15) is 11.0 Å². The molecule has 4 aromatic rings. The lowest BCUT2D eigenvalue weighted by atomic mass is 9.60. The van der Waals surface area contributed by atoms with Crippen molar-refractivity contribution in [2.75, 3.05) is 26.2 Å². The van der Waals surface area contributed by atoms with Crippen molar-refractivity contribution < 1.29 is 9.59 Å². The number of carbonyl (C=O) groups is 2. The Morgan fingerprint density at radius 3 is 1.94 bits per heavy atom. The molecule has 2 aromatic heterocycles. The second-order valence-electron chi connectivity index (χ2n) is 10.0. The summed E-state index contributed by atoms with van der Waals surface area (Å²) in [5, 5.41) is 11.4. The van der Waals surface area contributed by atoms with Crippen LogP contribution in [0.3, 0.4) is 0 Å². The Morgan fingerprint density at radius 2 is 1.33 bits per heavy atom. The summed E-state index contributed by atoms with van der Waals surface area (Å²) in [4.78, 5) is 34.8. The molecule has 1 N–H and O–H groups in total. The first-order valence-electron chi connectivity index (χ1n) is 12.2. The van der Waals surface area contributed by atoms with Gasteiger partial charge in [0, 0.05) is 48.5 Å². The lowest BCUT2D eigenvalue weighted by Crippen LogP contribution is -2.44. The minimum absolute atomic E-state index is 0.0338. The molecule has 3 aliphatic rings. The fourth-order valence-corrected chi connectivity index (χ4v) is 6.48. The highest BCUT2D eigenvalue weighted by Crippen LogP contribution is 2.54. The summed E-state index contributed by atoms with van der Waals surface area (Å²) in [6.07, 6.45) is 1.67. The Labute approximate surface area is 212 Å². The molecule has 2 amide bonds. The van der Waals surface area contributed by atoms with Crippen LogP contribution in [0.1, 0.15) is 20.7 Å². The SMILES string of the molecule is O=C(c1ccc(-c2ccc(Cl)cc2)nc1)N1CC2C(C1)[C@@H]1CN(C(=O)c3ccc4n[nH]nc4c3)C[C@H]21. The minimum atomic E-state index is 0.0338. The quantitative estimate of drug-likeness (QED) is 0.464. The maximum absolute atomic E-state index is 13.2. The zero-order chi connectivity index (χ0) is 24.4. The van der Waals surface area contributed by atoms with Gasteiger partial charge in [0.15, 0.2) is 0 Å². The number of nitrogens with zero attached hydrogens (tertiary/aromatic N) is 5. The van der Waals surface area contributed by atoms with Crippen LogP contribution in [0.15, 0.2) is 60.8 Å². The number of fused-ring (bicyclic) bond motifs is 5. The van der Waals surface area contributed by atoms with Gasteiger partial charge in [-0.2, -0.15) is 15.4 Å². The second-order valence-corrected chi connectivity index (χ2v) is 10.5. The largest absolute Gasteiger partial charge is 0.338 e. The molecule has 2 unspecified atom stereocenters. The van der Waals surface area contributed by atoms with E-state index in [1.165, 1.54) is 0 Å². The molecule has 8 nitrogen and oxygen atoms in total. The lowest BCUT2D eigenvalue weighted by Gasteiger charge is -2.42. The number of hydrogen-bond donors (Lipinski definition) is 1. The first kappa shape index (κ1) is 21.5. The molecule has 2 aromatic carbocycles. The minimum Gasteiger partial charge on any atom is -0.338 e. The summed E-state index contributed by atoms with van der Waals surface area (Å²) in [5.41, 5.74) is 4.48. The van der Waals surface area contributed by atoms with Crippen molar-refractivity contribution in [2.24, 2.45) is 23.7 Å². The summed E-state index contributed by atoms with van der Waals surface area (Å²) < 4.78 is 0. The lowest BCUT2D eigenvalue weighted by molar-refractivity contribution is 0.0629. The molecule has 4 heterocycles. The van der Waals surface area contributed by atoms with E-state index in [-0.39, 0.29) is 11.8 Å². The summed E-state index contributed by atoms with van der Waals surface area (Å²) in [7, 11) is 0. The number of halogens is 1. The van der Waals surface area contributed by atoms with Crippen LogP contribution in [0.5, 0.6) is 0 Å². The maximum atomic E-state index is 13.2. The van der Waals surface area contributed by atoms with E-state index in [0.717, 1.165) is 43.0 Å². The van der Waals surface area contributed by atoms with Crippen molar-refractivity contribution in [3.05, 3.63) is 76.9 Å². The summed E-state index contributed by atoms with van der Waals surface area (Å²) in [5.74, 6) is 1.90. The fraction of sp³-hybridized carbons (Fsp3) is 0.296. The number of H-pyrrole nitrogens is 1. The Kier molecular flexibility index (Phi) is 4.86. The van der Waals surface area contributed by atoms with Gasteiger partial charge in [-0.05, 0) is 66.1 Å². The number of likely N-dealkylation sites (tertiary alicyclic amines) is 2. The molecular formula is C27H23ClN6O2. The number of aromatic nitrogens is 4. The van der Waals surface area contributed by atoms with Gasteiger partial charge in [-0.1, -0.05) is 23.7 Å². The van der Waals surface area contributed by atoms with Gasteiger partial charge in [-0.3, -0.25) is 14.6 Å². The Balaban J connectivity index is 1.00. The van der Waals surface area contributed by atoms with Crippen molar-refractivity contribution in [2.45, 2.75) is 0 Å². The molecule has 4 atom stereocenters. The average molecular weight is 499 g/mol. The second kappa shape index (κ2) is 8.13. The van der Waals surface area contributed by atoms with E-state index in [0.29, 0.717) is 45.3 Å². The highest BCUT2D eigenvalue weighted by atomic mass is 35.5.